The summed E-state index contributed by atoms with van der Waals surface area (Å²) in [7, 11) is 2.14. The highest BCUT2D eigenvalue weighted by Crippen LogP contribution is 2.29. The molecule has 1 fully saturated rings. The van der Waals surface area contributed by atoms with Gasteiger partial charge in [-0.3, -0.25) is 0 Å². The SMILES string of the molecule is CCCc1nc(N(C)C2CCOC2)sc1CNCC. The normalized spacial score (nSPS) is 19.0. The van der Waals surface area contributed by atoms with Gasteiger partial charge in [-0.2, -0.15) is 0 Å². The number of nitrogens with zero attached hydrogens (tertiary/aromatic N) is 2. The smallest absolute Gasteiger partial charge is 0.185 e. The molecule has 1 aliphatic rings. The monoisotopic (exact) mass is 283 g/mol. The first-order chi connectivity index (χ1) is 9.26. The largest absolute Gasteiger partial charge is 0.379 e. The lowest BCUT2D eigenvalue weighted by Gasteiger charge is -2.21. The molecule has 4 nitrogen and oxygen atoms in total. The average Bonchev–Trinajstić information content (AvgIpc) is 3.06. The molecule has 0 spiro atoms. The van der Waals surface area contributed by atoms with Gasteiger partial charge in [0, 0.05) is 25.1 Å². The van der Waals surface area contributed by atoms with E-state index in [0.29, 0.717) is 6.04 Å². The maximum Gasteiger partial charge on any atom is 0.185 e. The summed E-state index contributed by atoms with van der Waals surface area (Å²) in [5, 5.41) is 4.56. The van der Waals surface area contributed by atoms with Crippen molar-refractivity contribution in [2.75, 3.05) is 31.7 Å². The Morgan fingerprint density at radius 2 is 2.32 bits per heavy atom. The maximum atomic E-state index is 5.47. The van der Waals surface area contributed by atoms with Crippen molar-refractivity contribution >= 4 is 16.5 Å². The van der Waals surface area contributed by atoms with Gasteiger partial charge in [-0.15, -0.1) is 11.3 Å². The molecule has 5 heteroatoms. The standard InChI is InChI=1S/C14H25N3OS/c1-4-6-12-13(9-15-5-2)19-14(16-12)17(3)11-7-8-18-10-11/h11,15H,4-10H2,1-3H3. The first kappa shape index (κ1) is 14.8. The van der Waals surface area contributed by atoms with Gasteiger partial charge < -0.3 is 15.0 Å². The molecule has 0 bridgehead atoms. The fourth-order valence-corrected chi connectivity index (χ4v) is 3.42. The van der Waals surface area contributed by atoms with Crippen molar-refractivity contribution in [1.82, 2.24) is 10.3 Å². The van der Waals surface area contributed by atoms with Crippen molar-refractivity contribution in [1.29, 1.82) is 0 Å². The van der Waals surface area contributed by atoms with Crippen LogP contribution in [0.25, 0.3) is 0 Å². The van der Waals surface area contributed by atoms with Crippen LogP contribution in [-0.2, 0) is 17.7 Å². The summed E-state index contributed by atoms with van der Waals surface area (Å²) >= 11 is 1.83. The van der Waals surface area contributed by atoms with Crippen LogP contribution in [0, 0.1) is 0 Å². The lowest BCUT2D eigenvalue weighted by Crippen LogP contribution is -2.31. The van der Waals surface area contributed by atoms with Gasteiger partial charge in [-0.1, -0.05) is 20.3 Å². The summed E-state index contributed by atoms with van der Waals surface area (Å²) in [4.78, 5) is 8.54. The van der Waals surface area contributed by atoms with Gasteiger partial charge in [-0.25, -0.2) is 4.98 Å². The van der Waals surface area contributed by atoms with E-state index in [2.05, 4.69) is 31.1 Å². The second-order valence-corrected chi connectivity index (χ2v) is 6.09. The Balaban J connectivity index is 2.10. The van der Waals surface area contributed by atoms with Crippen molar-refractivity contribution in [3.05, 3.63) is 10.6 Å². The molecule has 1 aromatic rings. The minimum absolute atomic E-state index is 0.493. The molecule has 0 amide bonds. The predicted molar refractivity (Wildman–Crippen MR) is 81.1 cm³/mol. The summed E-state index contributed by atoms with van der Waals surface area (Å²) in [5.41, 5.74) is 1.27. The maximum absolute atomic E-state index is 5.47. The minimum atomic E-state index is 0.493. The fraction of sp³-hybridized carbons (Fsp3) is 0.786. The second kappa shape index (κ2) is 7.22. The molecular weight excluding hydrogens is 258 g/mol. The Kier molecular flexibility index (Phi) is 5.60. The number of hydrogen-bond donors (Lipinski definition) is 1. The van der Waals surface area contributed by atoms with Crippen LogP contribution in [0.3, 0.4) is 0 Å². The summed E-state index contributed by atoms with van der Waals surface area (Å²) in [6.07, 6.45) is 3.34. The number of aromatic nitrogens is 1. The highest BCUT2D eigenvalue weighted by Gasteiger charge is 2.23. The molecule has 0 aliphatic carbocycles. The van der Waals surface area contributed by atoms with E-state index in [4.69, 9.17) is 9.72 Å². The van der Waals surface area contributed by atoms with E-state index in [9.17, 15) is 0 Å². The van der Waals surface area contributed by atoms with Crippen LogP contribution in [0.2, 0.25) is 0 Å². The molecule has 19 heavy (non-hydrogen) atoms. The number of hydrogen-bond acceptors (Lipinski definition) is 5. The number of aryl methyl sites for hydroxylation is 1. The van der Waals surface area contributed by atoms with Crippen molar-refractivity contribution in [3.63, 3.8) is 0 Å². The molecule has 1 unspecified atom stereocenters. The lowest BCUT2D eigenvalue weighted by atomic mass is 10.2. The summed E-state index contributed by atoms with van der Waals surface area (Å²) < 4.78 is 5.47. The zero-order chi connectivity index (χ0) is 13.7. The van der Waals surface area contributed by atoms with Gasteiger partial charge in [0.05, 0.1) is 18.3 Å². The lowest BCUT2D eigenvalue weighted by molar-refractivity contribution is 0.193. The molecule has 0 radical (unpaired) electrons. The van der Waals surface area contributed by atoms with Crippen molar-refractivity contribution in [2.24, 2.45) is 0 Å². The number of likely N-dealkylation sites (N-methyl/N-ethyl adjacent to an activating group) is 1. The highest BCUT2D eigenvalue weighted by atomic mass is 32.1. The number of anilines is 1. The van der Waals surface area contributed by atoms with Gasteiger partial charge in [0.25, 0.3) is 0 Å². The second-order valence-electron chi connectivity index (χ2n) is 5.02. The van der Waals surface area contributed by atoms with E-state index in [1.165, 1.54) is 10.6 Å². The summed E-state index contributed by atoms with van der Waals surface area (Å²) in [6, 6.07) is 0.493. The zero-order valence-corrected chi connectivity index (χ0v) is 13.1. The molecule has 108 valence electrons. The van der Waals surface area contributed by atoms with Crippen molar-refractivity contribution < 1.29 is 4.74 Å². The Morgan fingerprint density at radius 1 is 1.47 bits per heavy atom. The Bertz CT molecular complexity index is 388. The number of nitrogens with one attached hydrogen (secondary N) is 1. The van der Waals surface area contributed by atoms with Crippen LogP contribution in [-0.4, -0.2) is 37.8 Å². The van der Waals surface area contributed by atoms with Crippen LogP contribution < -0.4 is 10.2 Å². The highest BCUT2D eigenvalue weighted by molar-refractivity contribution is 7.15. The molecule has 0 aromatic carbocycles. The van der Waals surface area contributed by atoms with Crippen LogP contribution in [0.15, 0.2) is 0 Å². The van der Waals surface area contributed by atoms with E-state index >= 15 is 0 Å². The Morgan fingerprint density at radius 3 is 2.95 bits per heavy atom. The number of thiazole rings is 1. The number of rotatable bonds is 7. The molecular formula is C14H25N3OS. The van der Waals surface area contributed by atoms with Crippen LogP contribution in [0.4, 0.5) is 5.13 Å². The van der Waals surface area contributed by atoms with Gasteiger partial charge in [-0.05, 0) is 19.4 Å². The molecule has 2 rings (SSSR count). The first-order valence-corrected chi connectivity index (χ1v) is 8.07. The van der Waals surface area contributed by atoms with Gasteiger partial charge in [0.2, 0.25) is 0 Å². The third-order valence-electron chi connectivity index (χ3n) is 3.54. The fourth-order valence-electron chi connectivity index (χ4n) is 2.31. The third kappa shape index (κ3) is 3.68. The van der Waals surface area contributed by atoms with Gasteiger partial charge in [0.1, 0.15) is 0 Å². The van der Waals surface area contributed by atoms with Crippen LogP contribution >= 0.6 is 11.3 Å². The minimum Gasteiger partial charge on any atom is -0.379 e. The van der Waals surface area contributed by atoms with E-state index in [1.54, 1.807) is 0 Å². The van der Waals surface area contributed by atoms with Crippen molar-refractivity contribution in [2.45, 2.75) is 45.7 Å². The zero-order valence-electron chi connectivity index (χ0n) is 12.2. The summed E-state index contributed by atoms with van der Waals surface area (Å²) in [5.74, 6) is 0. The first-order valence-electron chi connectivity index (χ1n) is 7.26. The molecule has 1 aromatic heterocycles. The average molecular weight is 283 g/mol. The third-order valence-corrected chi connectivity index (χ3v) is 4.73. The summed E-state index contributed by atoms with van der Waals surface area (Å²) in [6.45, 7) is 8.02. The topological polar surface area (TPSA) is 37.4 Å². The van der Waals surface area contributed by atoms with Crippen molar-refractivity contribution in [3.8, 4) is 0 Å². The quantitative estimate of drug-likeness (QED) is 0.834. The molecule has 1 atom stereocenters. The van der Waals surface area contributed by atoms with Gasteiger partial charge in [0.15, 0.2) is 5.13 Å². The predicted octanol–water partition coefficient (Wildman–Crippen LogP) is 2.43. The van der Waals surface area contributed by atoms with Gasteiger partial charge >= 0.3 is 0 Å². The molecule has 0 saturated carbocycles. The van der Waals surface area contributed by atoms with E-state index in [-0.39, 0.29) is 0 Å². The van der Waals surface area contributed by atoms with E-state index < -0.39 is 0 Å². The van der Waals surface area contributed by atoms with E-state index in [0.717, 1.165) is 50.7 Å². The molecule has 2 heterocycles. The molecule has 1 saturated heterocycles. The van der Waals surface area contributed by atoms with Crippen LogP contribution in [0.1, 0.15) is 37.3 Å². The Hall–Kier alpha value is -0.650. The molecule has 1 N–H and O–H groups in total. The van der Waals surface area contributed by atoms with Crippen LogP contribution in [0.5, 0.6) is 0 Å². The molecule has 1 aliphatic heterocycles. The Labute approximate surface area is 120 Å². The van der Waals surface area contributed by atoms with E-state index in [1.807, 2.05) is 11.3 Å². The number of ether oxygens (including phenoxy) is 1.